The number of Topliss-reactive ketones (excluding diaryl/α,β-unsaturated/α-hetero) is 1. The Balaban J connectivity index is 1.31. The molecule has 2 saturated carbocycles. The van der Waals surface area contributed by atoms with Gasteiger partial charge in [-0.25, -0.2) is 4.39 Å². The van der Waals surface area contributed by atoms with Gasteiger partial charge in [-0.05, 0) is 106 Å². The first-order chi connectivity index (χ1) is 18.5. The zero-order chi connectivity index (χ0) is 26.2. The fourth-order valence-electron chi connectivity index (χ4n) is 6.17. The highest BCUT2D eigenvalue weighted by atomic mass is 35.5. The number of benzene rings is 2. The standard InChI is InChI=1S/C31H33ClFN3O2/c32-27-14-22(15-28(33)26(27)18-37)21-7-10-29-24(13-21)30(25(16-34-29)31(38)20-5-6-20)35-23-8-3-19(4-9-23)17-36-11-1-2-12-36/h7,10,13-16,18-20,23H,1-6,8-9,11-12,17H2,(H,34,35). The molecule has 2 heterocycles. The summed E-state index contributed by atoms with van der Waals surface area (Å²) in [5.41, 5.74) is 3.46. The van der Waals surface area contributed by atoms with Gasteiger partial charge in [0.2, 0.25) is 0 Å². The summed E-state index contributed by atoms with van der Waals surface area (Å²) in [6.45, 7) is 3.69. The zero-order valence-electron chi connectivity index (χ0n) is 21.5. The largest absolute Gasteiger partial charge is 0.381 e. The van der Waals surface area contributed by atoms with Crippen LogP contribution in [0.25, 0.3) is 22.0 Å². The number of nitrogens with one attached hydrogen (secondary N) is 1. The molecule has 0 radical (unpaired) electrons. The summed E-state index contributed by atoms with van der Waals surface area (Å²) >= 11 is 6.19. The number of pyridine rings is 1. The van der Waals surface area contributed by atoms with Crippen molar-refractivity contribution in [1.29, 1.82) is 0 Å². The number of carbonyl (C=O) groups is 2. The van der Waals surface area contributed by atoms with Crippen molar-refractivity contribution in [3.05, 3.63) is 58.5 Å². The number of aldehydes is 1. The normalized spacial score (nSPS) is 22.1. The van der Waals surface area contributed by atoms with E-state index >= 15 is 0 Å². The van der Waals surface area contributed by atoms with Gasteiger partial charge in [0.15, 0.2) is 12.1 Å². The molecule has 1 N–H and O–H groups in total. The van der Waals surface area contributed by atoms with Crippen molar-refractivity contribution in [1.82, 2.24) is 9.88 Å². The quantitative estimate of drug-likeness (QED) is 0.246. The summed E-state index contributed by atoms with van der Waals surface area (Å²) in [6.07, 6.45) is 11.2. The van der Waals surface area contributed by atoms with Crippen LogP contribution in [0.2, 0.25) is 5.02 Å². The maximum Gasteiger partial charge on any atom is 0.169 e. The van der Waals surface area contributed by atoms with Crippen LogP contribution in [0.1, 0.15) is 72.1 Å². The van der Waals surface area contributed by atoms with Crippen LogP contribution in [-0.4, -0.2) is 47.6 Å². The Morgan fingerprint density at radius 2 is 1.82 bits per heavy atom. The average Bonchev–Trinajstić information content (AvgIpc) is 3.65. The van der Waals surface area contributed by atoms with E-state index in [2.05, 4.69) is 15.2 Å². The third kappa shape index (κ3) is 5.21. The second kappa shape index (κ2) is 10.7. The van der Waals surface area contributed by atoms with Gasteiger partial charge in [0.05, 0.1) is 27.4 Å². The highest BCUT2D eigenvalue weighted by Crippen LogP contribution is 2.39. The highest BCUT2D eigenvalue weighted by molar-refractivity contribution is 6.33. The smallest absolute Gasteiger partial charge is 0.169 e. The summed E-state index contributed by atoms with van der Waals surface area (Å²) < 4.78 is 14.5. The van der Waals surface area contributed by atoms with Crippen molar-refractivity contribution in [2.75, 3.05) is 25.0 Å². The third-order valence-corrected chi connectivity index (χ3v) is 8.83. The molecule has 5 nitrogen and oxygen atoms in total. The molecule has 0 atom stereocenters. The van der Waals surface area contributed by atoms with Gasteiger partial charge in [0, 0.05) is 30.1 Å². The molecule has 3 aliphatic rings. The van der Waals surface area contributed by atoms with Gasteiger partial charge >= 0.3 is 0 Å². The molecular weight excluding hydrogens is 501 g/mol. The number of halogens is 2. The molecule has 0 amide bonds. The maximum absolute atomic E-state index is 14.5. The molecule has 0 bridgehead atoms. The van der Waals surface area contributed by atoms with Crippen molar-refractivity contribution < 1.29 is 14.0 Å². The molecule has 0 spiro atoms. The summed E-state index contributed by atoms with van der Waals surface area (Å²) in [7, 11) is 0. The number of hydrogen-bond acceptors (Lipinski definition) is 5. The lowest BCUT2D eigenvalue weighted by Crippen LogP contribution is -2.33. The third-order valence-electron chi connectivity index (χ3n) is 8.52. The van der Waals surface area contributed by atoms with E-state index in [1.165, 1.54) is 51.4 Å². The highest BCUT2D eigenvalue weighted by Gasteiger charge is 2.33. The molecule has 2 aromatic carbocycles. The van der Waals surface area contributed by atoms with Crippen LogP contribution in [0.4, 0.5) is 10.1 Å². The van der Waals surface area contributed by atoms with Crippen molar-refractivity contribution in [3.63, 3.8) is 0 Å². The van der Waals surface area contributed by atoms with E-state index < -0.39 is 5.82 Å². The van der Waals surface area contributed by atoms with Gasteiger partial charge < -0.3 is 10.2 Å². The van der Waals surface area contributed by atoms with Crippen LogP contribution in [0.5, 0.6) is 0 Å². The van der Waals surface area contributed by atoms with Gasteiger partial charge in [0.25, 0.3) is 0 Å². The molecule has 0 unspecified atom stereocenters. The molecule has 3 aromatic rings. The topological polar surface area (TPSA) is 62.3 Å². The monoisotopic (exact) mass is 533 g/mol. The molecule has 7 heteroatoms. The minimum absolute atomic E-state index is 0.0786. The summed E-state index contributed by atoms with van der Waals surface area (Å²) in [4.78, 5) is 31.7. The van der Waals surface area contributed by atoms with Gasteiger partial charge in [-0.3, -0.25) is 14.6 Å². The summed E-state index contributed by atoms with van der Waals surface area (Å²) in [5, 5.41) is 4.70. The van der Waals surface area contributed by atoms with E-state index in [0.717, 1.165) is 53.8 Å². The van der Waals surface area contributed by atoms with Crippen LogP contribution in [0, 0.1) is 17.7 Å². The Bertz CT molecular complexity index is 1350. The number of aromatic nitrogens is 1. The number of likely N-dealkylation sites (tertiary alicyclic amines) is 1. The molecule has 38 heavy (non-hydrogen) atoms. The fraction of sp³-hybridized carbons (Fsp3) is 0.452. The lowest BCUT2D eigenvalue weighted by atomic mass is 9.85. The van der Waals surface area contributed by atoms with Crippen LogP contribution in [0.15, 0.2) is 36.5 Å². The number of fused-ring (bicyclic) bond motifs is 1. The zero-order valence-corrected chi connectivity index (χ0v) is 22.3. The second-order valence-electron chi connectivity index (χ2n) is 11.3. The maximum atomic E-state index is 14.5. The number of rotatable bonds is 8. The first-order valence-electron chi connectivity index (χ1n) is 13.9. The predicted octanol–water partition coefficient (Wildman–Crippen LogP) is 7.17. The molecule has 198 valence electrons. The predicted molar refractivity (Wildman–Crippen MR) is 150 cm³/mol. The molecule has 1 aliphatic heterocycles. The van der Waals surface area contributed by atoms with E-state index in [9.17, 15) is 14.0 Å². The SMILES string of the molecule is O=Cc1c(F)cc(-c2ccc3ncc(C(=O)C4CC4)c(NC4CCC(CN5CCCC5)CC4)c3c2)cc1Cl. The Hall–Kier alpha value is -2.83. The minimum Gasteiger partial charge on any atom is -0.381 e. The Kier molecular flexibility index (Phi) is 7.19. The Morgan fingerprint density at radius 1 is 1.05 bits per heavy atom. The molecule has 6 rings (SSSR count). The average molecular weight is 534 g/mol. The molecule has 3 fully saturated rings. The molecule has 1 saturated heterocycles. The van der Waals surface area contributed by atoms with Gasteiger partial charge in [-0.2, -0.15) is 0 Å². The molecule has 2 aliphatic carbocycles. The fourth-order valence-corrected chi connectivity index (χ4v) is 6.42. The van der Waals surface area contributed by atoms with Crippen LogP contribution < -0.4 is 5.32 Å². The van der Waals surface area contributed by atoms with Crippen molar-refractivity contribution >= 4 is 40.3 Å². The van der Waals surface area contributed by atoms with E-state index in [1.54, 1.807) is 12.3 Å². The lowest BCUT2D eigenvalue weighted by Gasteiger charge is -2.32. The van der Waals surface area contributed by atoms with E-state index in [1.807, 2.05) is 18.2 Å². The number of carbonyl (C=O) groups excluding carboxylic acids is 2. The van der Waals surface area contributed by atoms with E-state index in [-0.39, 0.29) is 22.3 Å². The number of ketones is 1. The van der Waals surface area contributed by atoms with Gasteiger partial charge in [-0.15, -0.1) is 0 Å². The second-order valence-corrected chi connectivity index (χ2v) is 11.7. The summed E-state index contributed by atoms with van der Waals surface area (Å²) in [5.74, 6) is 0.327. The van der Waals surface area contributed by atoms with Gasteiger partial charge in [0.1, 0.15) is 5.82 Å². The summed E-state index contributed by atoms with van der Waals surface area (Å²) in [6, 6.07) is 8.96. The number of hydrogen-bond donors (Lipinski definition) is 1. The van der Waals surface area contributed by atoms with Crippen molar-refractivity contribution in [2.45, 2.75) is 57.4 Å². The minimum atomic E-state index is -0.651. The number of anilines is 1. The van der Waals surface area contributed by atoms with Crippen LogP contribution in [-0.2, 0) is 0 Å². The lowest BCUT2D eigenvalue weighted by molar-refractivity contribution is 0.0967. The van der Waals surface area contributed by atoms with E-state index in [0.29, 0.717) is 23.5 Å². The van der Waals surface area contributed by atoms with Gasteiger partial charge in [-0.1, -0.05) is 17.7 Å². The van der Waals surface area contributed by atoms with Crippen LogP contribution >= 0.6 is 11.6 Å². The Labute approximate surface area is 227 Å². The first-order valence-corrected chi connectivity index (χ1v) is 14.3. The first kappa shape index (κ1) is 25.4. The Morgan fingerprint density at radius 3 is 2.50 bits per heavy atom. The van der Waals surface area contributed by atoms with E-state index in [4.69, 9.17) is 11.6 Å². The van der Waals surface area contributed by atoms with Crippen molar-refractivity contribution in [3.8, 4) is 11.1 Å². The van der Waals surface area contributed by atoms with Crippen LogP contribution in [0.3, 0.4) is 0 Å². The van der Waals surface area contributed by atoms with Crippen molar-refractivity contribution in [2.24, 2.45) is 11.8 Å². The molecule has 1 aromatic heterocycles. The number of nitrogens with zero attached hydrogens (tertiary/aromatic N) is 2. The molecular formula is C31H33ClFN3O2.